The van der Waals surface area contributed by atoms with E-state index in [2.05, 4.69) is 10.6 Å². The molecule has 1 fully saturated rings. The lowest BCUT2D eigenvalue weighted by molar-refractivity contribution is 0.0619. The second kappa shape index (κ2) is 7.50. The standard InChI is InChI=1S/C19H31N3O3/c1-12-10-13(2)25-16(12)17(23)22-9-7-8-15(11-22)14(3)20-18(24)21-19(4,5)6/h10,14-15H,7-9,11H2,1-6H3,(H2,20,21,24)/t14-,15+/m1/s1. The summed E-state index contributed by atoms with van der Waals surface area (Å²) in [6.07, 6.45) is 1.93. The molecule has 2 rings (SSSR count). The summed E-state index contributed by atoms with van der Waals surface area (Å²) in [5, 5.41) is 5.92. The maximum Gasteiger partial charge on any atom is 0.315 e. The van der Waals surface area contributed by atoms with Gasteiger partial charge in [0, 0.05) is 30.2 Å². The first kappa shape index (κ1) is 19.3. The van der Waals surface area contributed by atoms with E-state index in [1.54, 1.807) is 0 Å². The summed E-state index contributed by atoms with van der Waals surface area (Å²) in [7, 11) is 0. The van der Waals surface area contributed by atoms with Crippen molar-refractivity contribution >= 4 is 11.9 Å². The molecular weight excluding hydrogens is 318 g/mol. The summed E-state index contributed by atoms with van der Waals surface area (Å²) in [4.78, 5) is 26.7. The molecule has 1 aliphatic rings. The van der Waals surface area contributed by atoms with E-state index in [0.29, 0.717) is 12.3 Å². The Hall–Kier alpha value is -1.98. The van der Waals surface area contributed by atoms with E-state index < -0.39 is 0 Å². The van der Waals surface area contributed by atoms with E-state index in [1.807, 2.05) is 52.5 Å². The first-order valence-electron chi connectivity index (χ1n) is 9.02. The maximum absolute atomic E-state index is 12.7. The number of urea groups is 1. The minimum atomic E-state index is -0.271. The van der Waals surface area contributed by atoms with Gasteiger partial charge in [0.25, 0.3) is 5.91 Å². The summed E-state index contributed by atoms with van der Waals surface area (Å²) in [5.41, 5.74) is 0.605. The van der Waals surface area contributed by atoms with E-state index >= 15 is 0 Å². The highest BCUT2D eigenvalue weighted by molar-refractivity contribution is 5.93. The summed E-state index contributed by atoms with van der Waals surface area (Å²) < 4.78 is 5.57. The first-order chi connectivity index (χ1) is 11.6. The molecule has 1 aromatic heterocycles. The molecule has 2 atom stereocenters. The van der Waals surface area contributed by atoms with Crippen LogP contribution in [-0.2, 0) is 0 Å². The molecule has 6 nitrogen and oxygen atoms in total. The van der Waals surface area contributed by atoms with Crippen LogP contribution >= 0.6 is 0 Å². The maximum atomic E-state index is 12.7. The summed E-state index contributed by atoms with van der Waals surface area (Å²) in [6, 6.07) is 1.72. The number of piperidine rings is 1. The number of likely N-dealkylation sites (tertiary alicyclic amines) is 1. The lowest BCUT2D eigenvalue weighted by Crippen LogP contribution is -2.53. The number of carbonyl (C=O) groups excluding carboxylic acids is 2. The Morgan fingerprint density at radius 3 is 2.56 bits per heavy atom. The normalized spacial score (nSPS) is 19.4. The minimum Gasteiger partial charge on any atom is -0.456 e. The molecule has 0 radical (unpaired) electrons. The van der Waals surface area contributed by atoms with Gasteiger partial charge in [-0.05, 0) is 66.4 Å². The lowest BCUT2D eigenvalue weighted by Gasteiger charge is -2.36. The van der Waals surface area contributed by atoms with Gasteiger partial charge in [0.1, 0.15) is 5.76 Å². The quantitative estimate of drug-likeness (QED) is 0.880. The fraction of sp³-hybridized carbons (Fsp3) is 0.684. The van der Waals surface area contributed by atoms with Crippen LogP contribution in [0.3, 0.4) is 0 Å². The Balaban J connectivity index is 1.97. The van der Waals surface area contributed by atoms with Crippen molar-refractivity contribution in [1.29, 1.82) is 0 Å². The molecule has 1 aliphatic heterocycles. The molecule has 0 bridgehead atoms. The number of nitrogens with zero attached hydrogens (tertiary/aromatic N) is 1. The van der Waals surface area contributed by atoms with Gasteiger partial charge in [-0.1, -0.05) is 0 Å². The van der Waals surface area contributed by atoms with Crippen LogP contribution in [0.15, 0.2) is 10.5 Å². The lowest BCUT2D eigenvalue weighted by atomic mass is 9.91. The third-order valence-corrected chi connectivity index (χ3v) is 4.53. The molecule has 2 N–H and O–H groups in total. The SMILES string of the molecule is Cc1cc(C)c(C(=O)N2CCC[C@H]([C@@H](C)NC(=O)NC(C)(C)C)C2)o1. The molecule has 0 saturated carbocycles. The highest BCUT2D eigenvalue weighted by Gasteiger charge is 2.30. The van der Waals surface area contributed by atoms with Crippen molar-refractivity contribution in [3.63, 3.8) is 0 Å². The molecule has 0 unspecified atom stereocenters. The Labute approximate surface area is 150 Å². The Morgan fingerprint density at radius 2 is 2.00 bits per heavy atom. The topological polar surface area (TPSA) is 74.6 Å². The molecular formula is C19H31N3O3. The smallest absolute Gasteiger partial charge is 0.315 e. The number of nitrogens with one attached hydrogen (secondary N) is 2. The first-order valence-corrected chi connectivity index (χ1v) is 9.02. The van der Waals surface area contributed by atoms with E-state index in [4.69, 9.17) is 4.42 Å². The molecule has 3 amide bonds. The number of aryl methyl sites for hydroxylation is 2. The molecule has 2 heterocycles. The van der Waals surface area contributed by atoms with Crippen molar-refractivity contribution in [3.8, 4) is 0 Å². The van der Waals surface area contributed by atoms with Gasteiger partial charge in [-0.3, -0.25) is 4.79 Å². The fourth-order valence-electron chi connectivity index (χ4n) is 3.30. The molecule has 0 aromatic carbocycles. The molecule has 1 saturated heterocycles. The van der Waals surface area contributed by atoms with Gasteiger partial charge in [0.2, 0.25) is 0 Å². The molecule has 140 valence electrons. The van der Waals surface area contributed by atoms with Gasteiger partial charge in [0.05, 0.1) is 0 Å². The molecule has 1 aromatic rings. The number of furan rings is 1. The molecule has 6 heteroatoms. The van der Waals surface area contributed by atoms with Gasteiger partial charge in [-0.15, -0.1) is 0 Å². The highest BCUT2D eigenvalue weighted by Crippen LogP contribution is 2.23. The zero-order valence-corrected chi connectivity index (χ0v) is 16.2. The number of carbonyl (C=O) groups is 2. The third kappa shape index (κ3) is 5.25. The number of hydrogen-bond acceptors (Lipinski definition) is 3. The van der Waals surface area contributed by atoms with Crippen LogP contribution in [0.5, 0.6) is 0 Å². The van der Waals surface area contributed by atoms with Crippen LogP contribution in [0.2, 0.25) is 0 Å². The Kier molecular flexibility index (Phi) is 5.80. The van der Waals surface area contributed by atoms with Crippen LogP contribution in [-0.4, -0.2) is 41.5 Å². The molecule has 0 aliphatic carbocycles. The van der Waals surface area contributed by atoms with Crippen molar-refractivity contribution in [1.82, 2.24) is 15.5 Å². The summed E-state index contributed by atoms with van der Waals surface area (Å²) in [6.45, 7) is 13.0. The molecule has 0 spiro atoms. The van der Waals surface area contributed by atoms with Crippen LogP contribution < -0.4 is 10.6 Å². The largest absolute Gasteiger partial charge is 0.456 e. The molecule has 25 heavy (non-hydrogen) atoms. The van der Waals surface area contributed by atoms with Gasteiger partial charge in [0.15, 0.2) is 5.76 Å². The van der Waals surface area contributed by atoms with Crippen LogP contribution in [0.4, 0.5) is 4.79 Å². The number of hydrogen-bond donors (Lipinski definition) is 2. The van der Waals surface area contributed by atoms with Crippen molar-refractivity contribution < 1.29 is 14.0 Å². The van der Waals surface area contributed by atoms with E-state index in [-0.39, 0.29) is 29.4 Å². The zero-order chi connectivity index (χ0) is 18.8. The monoisotopic (exact) mass is 349 g/mol. The van der Waals surface area contributed by atoms with Crippen LogP contribution in [0.1, 0.15) is 62.4 Å². The van der Waals surface area contributed by atoms with Gasteiger partial charge < -0.3 is 20.0 Å². The van der Waals surface area contributed by atoms with Crippen molar-refractivity contribution in [2.24, 2.45) is 5.92 Å². The van der Waals surface area contributed by atoms with E-state index in [1.165, 1.54) is 0 Å². The van der Waals surface area contributed by atoms with Gasteiger partial charge in [-0.25, -0.2) is 4.79 Å². The van der Waals surface area contributed by atoms with Crippen LogP contribution in [0, 0.1) is 19.8 Å². The third-order valence-electron chi connectivity index (χ3n) is 4.53. The van der Waals surface area contributed by atoms with Gasteiger partial charge in [-0.2, -0.15) is 0 Å². The van der Waals surface area contributed by atoms with Crippen molar-refractivity contribution in [2.75, 3.05) is 13.1 Å². The summed E-state index contributed by atoms with van der Waals surface area (Å²) >= 11 is 0. The van der Waals surface area contributed by atoms with E-state index in [0.717, 1.165) is 30.7 Å². The number of amides is 3. The predicted molar refractivity (Wildman–Crippen MR) is 97.7 cm³/mol. The summed E-state index contributed by atoms with van der Waals surface area (Å²) in [5.74, 6) is 1.37. The van der Waals surface area contributed by atoms with Crippen LogP contribution in [0.25, 0.3) is 0 Å². The van der Waals surface area contributed by atoms with Crippen molar-refractivity contribution in [2.45, 2.75) is 66.0 Å². The highest BCUT2D eigenvalue weighted by atomic mass is 16.4. The second-order valence-corrected chi connectivity index (χ2v) is 8.16. The van der Waals surface area contributed by atoms with Crippen molar-refractivity contribution in [3.05, 3.63) is 23.2 Å². The minimum absolute atomic E-state index is 0.00242. The number of rotatable bonds is 3. The Bertz CT molecular complexity index is 630. The zero-order valence-electron chi connectivity index (χ0n) is 16.2. The second-order valence-electron chi connectivity index (χ2n) is 8.16. The van der Waals surface area contributed by atoms with Gasteiger partial charge >= 0.3 is 6.03 Å². The predicted octanol–water partition coefficient (Wildman–Crippen LogP) is 3.23. The average molecular weight is 349 g/mol. The average Bonchev–Trinajstić information content (AvgIpc) is 2.83. The fourth-order valence-corrected chi connectivity index (χ4v) is 3.30. The van der Waals surface area contributed by atoms with E-state index in [9.17, 15) is 9.59 Å². The Morgan fingerprint density at radius 1 is 1.32 bits per heavy atom.